The van der Waals surface area contributed by atoms with Gasteiger partial charge in [0, 0.05) is 12.5 Å². The standard InChI is InChI=1S/C16H17N3O2/c1-3-12(11-8-6-5-7-9-11)14-13-10-21-18-15(13)16(20)19(4-2)17-14/h5-10,12H,3-4H2,1-2H3. The molecule has 2 heterocycles. The summed E-state index contributed by atoms with van der Waals surface area (Å²) in [5.74, 6) is 0.117. The van der Waals surface area contributed by atoms with Crippen LogP contribution in [-0.2, 0) is 6.54 Å². The van der Waals surface area contributed by atoms with Crippen LogP contribution in [0.2, 0.25) is 0 Å². The molecule has 0 aliphatic rings. The third kappa shape index (κ3) is 2.24. The molecule has 1 unspecified atom stereocenters. The van der Waals surface area contributed by atoms with Crippen LogP contribution in [0, 0.1) is 0 Å². The molecule has 0 bridgehead atoms. The molecule has 0 amide bonds. The summed E-state index contributed by atoms with van der Waals surface area (Å²) in [5, 5.41) is 9.10. The van der Waals surface area contributed by atoms with Gasteiger partial charge in [0.2, 0.25) is 0 Å². The van der Waals surface area contributed by atoms with Gasteiger partial charge in [0.05, 0.1) is 11.1 Å². The lowest BCUT2D eigenvalue weighted by atomic mass is 9.91. The van der Waals surface area contributed by atoms with E-state index in [0.29, 0.717) is 17.4 Å². The first kappa shape index (κ1) is 13.5. The van der Waals surface area contributed by atoms with Gasteiger partial charge in [-0.2, -0.15) is 5.10 Å². The molecule has 0 saturated heterocycles. The third-order valence-electron chi connectivity index (χ3n) is 3.75. The minimum absolute atomic E-state index is 0.117. The molecule has 0 aliphatic heterocycles. The molecule has 0 N–H and O–H groups in total. The fourth-order valence-corrected chi connectivity index (χ4v) is 2.67. The molecule has 1 atom stereocenters. The van der Waals surface area contributed by atoms with Gasteiger partial charge in [-0.3, -0.25) is 4.79 Å². The topological polar surface area (TPSA) is 60.9 Å². The zero-order valence-corrected chi connectivity index (χ0v) is 12.1. The fraction of sp³-hybridized carbons (Fsp3) is 0.312. The van der Waals surface area contributed by atoms with E-state index in [0.717, 1.165) is 12.1 Å². The zero-order valence-electron chi connectivity index (χ0n) is 12.1. The van der Waals surface area contributed by atoms with Crippen LogP contribution < -0.4 is 5.56 Å². The number of hydrogen-bond acceptors (Lipinski definition) is 4. The molecular formula is C16H17N3O2. The number of aryl methyl sites for hydroxylation is 1. The van der Waals surface area contributed by atoms with E-state index >= 15 is 0 Å². The molecule has 0 aliphatic carbocycles. The average Bonchev–Trinajstić information content (AvgIpc) is 3.01. The van der Waals surface area contributed by atoms with Crippen LogP contribution >= 0.6 is 0 Å². The Labute approximate surface area is 122 Å². The van der Waals surface area contributed by atoms with Gasteiger partial charge in [0.15, 0.2) is 5.52 Å². The van der Waals surface area contributed by atoms with Crippen molar-refractivity contribution < 1.29 is 4.52 Å². The fourth-order valence-electron chi connectivity index (χ4n) is 2.67. The first-order chi connectivity index (χ1) is 10.3. The molecule has 3 rings (SSSR count). The number of hydrogen-bond donors (Lipinski definition) is 0. The third-order valence-corrected chi connectivity index (χ3v) is 3.75. The summed E-state index contributed by atoms with van der Waals surface area (Å²) >= 11 is 0. The van der Waals surface area contributed by atoms with Crippen LogP contribution in [0.25, 0.3) is 10.9 Å². The summed E-state index contributed by atoms with van der Waals surface area (Å²) in [6.45, 7) is 4.52. The Hall–Kier alpha value is -2.43. The quantitative estimate of drug-likeness (QED) is 0.738. The molecule has 0 fully saturated rings. The van der Waals surface area contributed by atoms with Crippen molar-refractivity contribution in [1.29, 1.82) is 0 Å². The number of nitrogens with zero attached hydrogens (tertiary/aromatic N) is 3. The van der Waals surface area contributed by atoms with E-state index < -0.39 is 0 Å². The normalized spacial score (nSPS) is 12.7. The van der Waals surface area contributed by atoms with E-state index in [-0.39, 0.29) is 11.5 Å². The smallest absolute Gasteiger partial charge is 0.296 e. The van der Waals surface area contributed by atoms with Gasteiger partial charge < -0.3 is 4.52 Å². The average molecular weight is 283 g/mol. The summed E-state index contributed by atoms with van der Waals surface area (Å²) in [7, 11) is 0. The largest absolute Gasteiger partial charge is 0.363 e. The van der Waals surface area contributed by atoms with Crippen molar-refractivity contribution in [2.75, 3.05) is 0 Å². The van der Waals surface area contributed by atoms with Gasteiger partial charge in [-0.25, -0.2) is 4.68 Å². The summed E-state index contributed by atoms with van der Waals surface area (Å²) in [5.41, 5.74) is 2.18. The van der Waals surface area contributed by atoms with Crippen LogP contribution in [0.5, 0.6) is 0 Å². The minimum Gasteiger partial charge on any atom is -0.363 e. The Morgan fingerprint density at radius 1 is 1.24 bits per heavy atom. The lowest BCUT2D eigenvalue weighted by Gasteiger charge is -2.16. The van der Waals surface area contributed by atoms with E-state index in [1.165, 1.54) is 16.5 Å². The van der Waals surface area contributed by atoms with Crippen LogP contribution in [0.1, 0.15) is 37.4 Å². The molecule has 0 spiro atoms. The first-order valence-electron chi connectivity index (χ1n) is 7.16. The highest BCUT2D eigenvalue weighted by atomic mass is 16.5. The lowest BCUT2D eigenvalue weighted by molar-refractivity contribution is 0.427. The maximum Gasteiger partial charge on any atom is 0.296 e. The van der Waals surface area contributed by atoms with Gasteiger partial charge in [-0.15, -0.1) is 0 Å². The van der Waals surface area contributed by atoms with Gasteiger partial charge in [-0.1, -0.05) is 42.4 Å². The Balaban J connectivity index is 2.25. The summed E-state index contributed by atoms with van der Waals surface area (Å²) in [6, 6.07) is 10.2. The molecule has 21 heavy (non-hydrogen) atoms. The number of rotatable bonds is 4. The number of aromatic nitrogens is 3. The molecule has 0 saturated carbocycles. The van der Waals surface area contributed by atoms with Crippen molar-refractivity contribution in [3.63, 3.8) is 0 Å². The second-order valence-electron chi connectivity index (χ2n) is 4.95. The molecule has 5 nitrogen and oxygen atoms in total. The van der Waals surface area contributed by atoms with Gasteiger partial charge >= 0.3 is 0 Å². The van der Waals surface area contributed by atoms with E-state index in [1.54, 1.807) is 0 Å². The van der Waals surface area contributed by atoms with Crippen molar-refractivity contribution in [3.8, 4) is 0 Å². The molecule has 108 valence electrons. The predicted octanol–water partition coefficient (Wildman–Crippen LogP) is 2.95. The lowest BCUT2D eigenvalue weighted by Crippen LogP contribution is -2.24. The van der Waals surface area contributed by atoms with Crippen LogP contribution in [0.3, 0.4) is 0 Å². The molecule has 0 radical (unpaired) electrons. The summed E-state index contributed by atoms with van der Waals surface area (Å²) < 4.78 is 6.46. The predicted molar refractivity (Wildman–Crippen MR) is 80.3 cm³/mol. The van der Waals surface area contributed by atoms with E-state index in [2.05, 4.69) is 29.3 Å². The Kier molecular flexibility index (Phi) is 3.56. The molecular weight excluding hydrogens is 266 g/mol. The van der Waals surface area contributed by atoms with Gasteiger partial charge in [0.25, 0.3) is 5.56 Å². The Bertz CT molecular complexity index is 805. The second kappa shape index (κ2) is 5.52. The van der Waals surface area contributed by atoms with Crippen LogP contribution in [0.4, 0.5) is 0 Å². The molecule has 3 aromatic rings. The zero-order chi connectivity index (χ0) is 14.8. The maximum absolute atomic E-state index is 12.2. The molecule has 1 aromatic carbocycles. The molecule has 2 aromatic heterocycles. The van der Waals surface area contributed by atoms with Crippen LogP contribution in [-0.4, -0.2) is 14.9 Å². The Morgan fingerprint density at radius 3 is 2.67 bits per heavy atom. The summed E-state index contributed by atoms with van der Waals surface area (Å²) in [4.78, 5) is 12.2. The Morgan fingerprint density at radius 2 is 2.00 bits per heavy atom. The highest BCUT2D eigenvalue weighted by Crippen LogP contribution is 2.30. The maximum atomic E-state index is 12.2. The summed E-state index contributed by atoms with van der Waals surface area (Å²) in [6.07, 6.45) is 2.41. The minimum atomic E-state index is -0.201. The SMILES string of the molecule is CCC(c1ccccc1)c1nn(CC)c(=O)c2nocc12. The van der Waals surface area contributed by atoms with E-state index in [9.17, 15) is 4.79 Å². The van der Waals surface area contributed by atoms with Crippen molar-refractivity contribution in [3.05, 3.63) is 58.2 Å². The highest BCUT2D eigenvalue weighted by molar-refractivity contribution is 5.79. The van der Waals surface area contributed by atoms with E-state index in [4.69, 9.17) is 4.52 Å². The van der Waals surface area contributed by atoms with E-state index in [1.807, 2.05) is 25.1 Å². The highest BCUT2D eigenvalue weighted by Gasteiger charge is 2.21. The van der Waals surface area contributed by atoms with Crippen molar-refractivity contribution in [1.82, 2.24) is 14.9 Å². The van der Waals surface area contributed by atoms with Crippen LogP contribution in [0.15, 0.2) is 45.9 Å². The monoisotopic (exact) mass is 283 g/mol. The van der Waals surface area contributed by atoms with Crippen molar-refractivity contribution in [2.24, 2.45) is 0 Å². The molecule has 5 heteroatoms. The first-order valence-corrected chi connectivity index (χ1v) is 7.16. The second-order valence-corrected chi connectivity index (χ2v) is 4.95. The van der Waals surface area contributed by atoms with Gasteiger partial charge in [0.1, 0.15) is 6.26 Å². The van der Waals surface area contributed by atoms with Crippen molar-refractivity contribution in [2.45, 2.75) is 32.7 Å². The number of fused-ring (bicyclic) bond motifs is 1. The van der Waals surface area contributed by atoms with Crippen molar-refractivity contribution >= 4 is 10.9 Å². The number of benzene rings is 1. The van der Waals surface area contributed by atoms with Gasteiger partial charge in [-0.05, 0) is 18.9 Å².